The van der Waals surface area contributed by atoms with Crippen LogP contribution in [0.1, 0.15) is 30.2 Å². The first kappa shape index (κ1) is 17.3. The first-order valence-corrected chi connectivity index (χ1v) is 9.24. The standard InChI is InChI=1S/C19H27N5O2/c1-25-15-4-2-14(3-5-15)12-24-16(17-18(21)26-17)11-22-19(24)23-8-6-13(10-20)7-9-23/h2-5,11,13,17-18H,6-10,12,20-21H2,1H3. The van der Waals surface area contributed by atoms with E-state index in [2.05, 4.69) is 21.6 Å². The van der Waals surface area contributed by atoms with E-state index in [4.69, 9.17) is 25.9 Å². The Morgan fingerprint density at radius 2 is 1.92 bits per heavy atom. The molecule has 0 amide bonds. The minimum absolute atomic E-state index is 0.0592. The summed E-state index contributed by atoms with van der Waals surface area (Å²) in [5, 5.41) is 0. The summed E-state index contributed by atoms with van der Waals surface area (Å²) in [6, 6.07) is 8.14. The Balaban J connectivity index is 1.59. The first-order chi connectivity index (χ1) is 12.7. The van der Waals surface area contributed by atoms with Gasteiger partial charge in [0.1, 0.15) is 18.1 Å². The summed E-state index contributed by atoms with van der Waals surface area (Å²) in [5.41, 5.74) is 14.0. The van der Waals surface area contributed by atoms with E-state index in [0.717, 1.165) is 56.4 Å². The largest absolute Gasteiger partial charge is 0.497 e. The second-order valence-corrected chi connectivity index (χ2v) is 7.10. The highest BCUT2D eigenvalue weighted by Crippen LogP contribution is 2.37. The number of hydrogen-bond acceptors (Lipinski definition) is 6. The van der Waals surface area contributed by atoms with Crippen molar-refractivity contribution in [1.29, 1.82) is 0 Å². The van der Waals surface area contributed by atoms with Gasteiger partial charge in [0.15, 0.2) is 0 Å². The van der Waals surface area contributed by atoms with Crippen molar-refractivity contribution in [2.45, 2.75) is 31.7 Å². The van der Waals surface area contributed by atoms with Crippen LogP contribution >= 0.6 is 0 Å². The fourth-order valence-corrected chi connectivity index (χ4v) is 3.66. The van der Waals surface area contributed by atoms with E-state index < -0.39 is 0 Å². The summed E-state index contributed by atoms with van der Waals surface area (Å²) in [5.74, 6) is 2.47. The molecular weight excluding hydrogens is 330 g/mol. The number of aromatic nitrogens is 2. The van der Waals surface area contributed by atoms with Gasteiger partial charge in [0.2, 0.25) is 5.95 Å². The maximum absolute atomic E-state index is 5.92. The van der Waals surface area contributed by atoms with Gasteiger partial charge in [0.25, 0.3) is 0 Å². The molecule has 4 rings (SSSR count). The molecular formula is C19H27N5O2. The van der Waals surface area contributed by atoms with Gasteiger partial charge in [-0.1, -0.05) is 12.1 Å². The molecule has 4 N–H and O–H groups in total. The second-order valence-electron chi connectivity index (χ2n) is 7.10. The Kier molecular flexibility index (Phi) is 4.84. The van der Waals surface area contributed by atoms with E-state index in [1.807, 2.05) is 18.3 Å². The van der Waals surface area contributed by atoms with Crippen LogP contribution in [0.5, 0.6) is 5.75 Å². The molecule has 2 aliphatic heterocycles. The molecule has 0 radical (unpaired) electrons. The summed E-state index contributed by atoms with van der Waals surface area (Å²) in [6.45, 7) is 3.47. The van der Waals surface area contributed by atoms with Gasteiger partial charge < -0.3 is 30.4 Å². The molecule has 1 aromatic carbocycles. The van der Waals surface area contributed by atoms with Crippen molar-refractivity contribution in [3.63, 3.8) is 0 Å². The lowest BCUT2D eigenvalue weighted by atomic mass is 9.97. The highest BCUT2D eigenvalue weighted by molar-refractivity contribution is 5.38. The van der Waals surface area contributed by atoms with Crippen LogP contribution in [0.15, 0.2) is 30.5 Å². The van der Waals surface area contributed by atoms with Gasteiger partial charge in [0.05, 0.1) is 25.5 Å². The summed E-state index contributed by atoms with van der Waals surface area (Å²) >= 11 is 0. The number of hydrogen-bond donors (Lipinski definition) is 2. The third-order valence-electron chi connectivity index (χ3n) is 5.41. The predicted molar refractivity (Wildman–Crippen MR) is 100 cm³/mol. The molecule has 7 nitrogen and oxygen atoms in total. The van der Waals surface area contributed by atoms with Crippen LogP contribution in [-0.4, -0.2) is 42.5 Å². The molecule has 26 heavy (non-hydrogen) atoms. The Labute approximate surface area is 153 Å². The number of anilines is 1. The van der Waals surface area contributed by atoms with Gasteiger partial charge in [-0.15, -0.1) is 0 Å². The van der Waals surface area contributed by atoms with E-state index in [1.165, 1.54) is 5.56 Å². The zero-order valence-corrected chi connectivity index (χ0v) is 15.2. The minimum atomic E-state index is -0.225. The quantitative estimate of drug-likeness (QED) is 0.760. The third-order valence-corrected chi connectivity index (χ3v) is 5.41. The Hall–Kier alpha value is -2.09. The first-order valence-electron chi connectivity index (χ1n) is 9.24. The zero-order valence-electron chi connectivity index (χ0n) is 15.2. The lowest BCUT2D eigenvalue weighted by molar-refractivity contribution is 0.370. The number of benzene rings is 1. The summed E-state index contributed by atoms with van der Waals surface area (Å²) < 4.78 is 13.0. The Morgan fingerprint density at radius 3 is 2.50 bits per heavy atom. The molecule has 2 aromatic rings. The highest BCUT2D eigenvalue weighted by atomic mass is 16.6. The lowest BCUT2D eigenvalue weighted by Gasteiger charge is -2.32. The van der Waals surface area contributed by atoms with Gasteiger partial charge in [-0.2, -0.15) is 0 Å². The van der Waals surface area contributed by atoms with Gasteiger partial charge >= 0.3 is 0 Å². The topological polar surface area (TPSA) is 94.9 Å². The predicted octanol–water partition coefficient (Wildman–Crippen LogP) is 1.47. The molecule has 2 atom stereocenters. The number of methoxy groups -OCH3 is 1. The van der Waals surface area contributed by atoms with Crippen LogP contribution in [-0.2, 0) is 11.3 Å². The van der Waals surface area contributed by atoms with Crippen molar-refractivity contribution in [2.24, 2.45) is 17.4 Å². The monoisotopic (exact) mass is 357 g/mol. The lowest BCUT2D eigenvalue weighted by Crippen LogP contribution is -2.37. The maximum atomic E-state index is 5.92. The fourth-order valence-electron chi connectivity index (χ4n) is 3.66. The second kappa shape index (κ2) is 7.26. The van der Waals surface area contributed by atoms with Crippen LogP contribution in [0.4, 0.5) is 5.95 Å². The molecule has 2 aliphatic rings. The van der Waals surface area contributed by atoms with Gasteiger partial charge in [-0.05, 0) is 43.0 Å². The average molecular weight is 357 g/mol. The van der Waals surface area contributed by atoms with Crippen molar-refractivity contribution < 1.29 is 9.47 Å². The molecule has 0 aliphatic carbocycles. The molecule has 0 spiro atoms. The number of rotatable bonds is 6. The van der Waals surface area contributed by atoms with Crippen molar-refractivity contribution in [3.8, 4) is 5.75 Å². The fraction of sp³-hybridized carbons (Fsp3) is 0.526. The molecule has 2 saturated heterocycles. The number of nitrogens with two attached hydrogens (primary N) is 2. The summed E-state index contributed by atoms with van der Waals surface area (Å²) in [6.07, 6.45) is 3.85. The van der Waals surface area contributed by atoms with Crippen LogP contribution in [0.3, 0.4) is 0 Å². The zero-order chi connectivity index (χ0) is 18.1. The molecule has 3 heterocycles. The smallest absolute Gasteiger partial charge is 0.206 e. The van der Waals surface area contributed by atoms with E-state index >= 15 is 0 Å². The molecule has 0 saturated carbocycles. The minimum Gasteiger partial charge on any atom is -0.497 e. The molecule has 140 valence electrons. The van der Waals surface area contributed by atoms with Gasteiger partial charge in [-0.3, -0.25) is 0 Å². The average Bonchev–Trinajstić information content (AvgIpc) is 3.27. The van der Waals surface area contributed by atoms with Gasteiger partial charge in [-0.25, -0.2) is 4.98 Å². The van der Waals surface area contributed by atoms with E-state index in [1.54, 1.807) is 7.11 Å². The number of nitrogens with zero attached hydrogens (tertiary/aromatic N) is 3. The summed E-state index contributed by atoms with van der Waals surface area (Å²) in [4.78, 5) is 7.07. The van der Waals surface area contributed by atoms with E-state index in [0.29, 0.717) is 5.92 Å². The highest BCUT2D eigenvalue weighted by Gasteiger charge is 2.40. The van der Waals surface area contributed by atoms with E-state index in [9.17, 15) is 0 Å². The third kappa shape index (κ3) is 3.42. The van der Waals surface area contributed by atoms with Crippen LogP contribution < -0.4 is 21.1 Å². The number of ether oxygens (including phenoxy) is 2. The number of piperidine rings is 1. The molecule has 2 unspecified atom stereocenters. The van der Waals surface area contributed by atoms with Crippen LogP contribution in [0, 0.1) is 5.92 Å². The van der Waals surface area contributed by atoms with Crippen molar-refractivity contribution in [2.75, 3.05) is 31.6 Å². The molecule has 1 aromatic heterocycles. The Morgan fingerprint density at radius 1 is 1.23 bits per heavy atom. The van der Waals surface area contributed by atoms with Crippen molar-refractivity contribution >= 4 is 5.95 Å². The van der Waals surface area contributed by atoms with Crippen molar-refractivity contribution in [3.05, 3.63) is 41.7 Å². The van der Waals surface area contributed by atoms with Gasteiger partial charge in [0, 0.05) is 13.1 Å². The number of epoxide rings is 1. The molecule has 0 bridgehead atoms. The molecule has 2 fully saturated rings. The van der Waals surface area contributed by atoms with E-state index in [-0.39, 0.29) is 12.3 Å². The Bertz CT molecular complexity index is 737. The van der Waals surface area contributed by atoms with Crippen LogP contribution in [0.25, 0.3) is 0 Å². The number of imidazole rings is 1. The summed E-state index contributed by atoms with van der Waals surface area (Å²) in [7, 11) is 1.68. The van der Waals surface area contributed by atoms with Crippen molar-refractivity contribution in [1.82, 2.24) is 9.55 Å². The SMILES string of the molecule is COc1ccc(Cn2c(C3OC3N)cnc2N2CCC(CN)CC2)cc1. The normalized spacial score (nSPS) is 23.3. The maximum Gasteiger partial charge on any atom is 0.206 e. The van der Waals surface area contributed by atoms with Crippen LogP contribution in [0.2, 0.25) is 0 Å². The molecule has 7 heteroatoms.